The van der Waals surface area contributed by atoms with Crippen molar-refractivity contribution in [2.24, 2.45) is 0 Å². The highest BCUT2D eigenvalue weighted by molar-refractivity contribution is 7.81. The summed E-state index contributed by atoms with van der Waals surface area (Å²) < 4.78 is 0. The standard InChI is InChI=1S/C33H66N2S2.C25H50N2S2.C17H34N2S2.C11H22N2S2/c1-3-5-7-9-11-13-15-16-18-20-24-28-32(36)29-25-21-23-27-31-35-33(37)34-30-26-22-19-17-14-12-10-8-6-4-2;1-3-5-7-9-11-12-16-20-24(28)21-17-13-15-19-23-27-25(29)26-22-18-14-10-8-6-4-2;1-3-5-9-12-16(20)13-10-7-8-11-15-19-17(21)18-14-6-4-2;1-3-10(14)8-6-4-5-7-9-13-11(15)12-2/h3-31H2,1-2H3,(H2,34,35,37);3-23H2,1-2H3,(H2,26,27,29);3-15H2,1-2H3,(H2,18,19,21);3-9H2,1-2H3,(H2,12,13,15). The van der Waals surface area contributed by atoms with Gasteiger partial charge >= 0.3 is 0 Å². The fourth-order valence-electron chi connectivity index (χ4n) is 12.0. The molecule has 0 spiro atoms. The zero-order valence-corrected chi connectivity index (χ0v) is 75.3. The third-order valence-corrected chi connectivity index (χ3v) is 21.9. The second kappa shape index (κ2) is 96.2. The summed E-state index contributed by atoms with van der Waals surface area (Å²) in [7, 11) is 1.83. The highest BCUT2D eigenvalue weighted by Gasteiger charge is 2.05. The number of nitrogens with one attached hydrogen (secondary N) is 8. The van der Waals surface area contributed by atoms with E-state index < -0.39 is 0 Å². The minimum atomic E-state index is 0.738. The van der Waals surface area contributed by atoms with E-state index in [4.69, 9.17) is 97.7 Å². The minimum absolute atomic E-state index is 0.738. The van der Waals surface area contributed by atoms with E-state index >= 15 is 0 Å². The van der Waals surface area contributed by atoms with Crippen molar-refractivity contribution in [3.05, 3.63) is 0 Å². The quantitative estimate of drug-likeness (QED) is 0.0219. The third kappa shape index (κ3) is 101. The molecule has 102 heavy (non-hydrogen) atoms. The molecule has 0 atom stereocenters. The van der Waals surface area contributed by atoms with Crippen LogP contribution in [0.4, 0.5) is 0 Å². The van der Waals surface area contributed by atoms with Gasteiger partial charge in [-0.3, -0.25) is 0 Å². The van der Waals surface area contributed by atoms with Gasteiger partial charge < -0.3 is 42.5 Å². The van der Waals surface area contributed by atoms with Gasteiger partial charge in [0.2, 0.25) is 0 Å². The van der Waals surface area contributed by atoms with Crippen molar-refractivity contribution < 1.29 is 0 Å². The molecule has 16 heteroatoms. The lowest BCUT2D eigenvalue weighted by Crippen LogP contribution is -2.36. The predicted octanol–water partition coefficient (Wildman–Crippen LogP) is 27.6. The molecule has 0 heterocycles. The Bertz CT molecular complexity index is 1680. The molecule has 0 aliphatic rings. The van der Waals surface area contributed by atoms with Crippen LogP contribution in [0.3, 0.4) is 0 Å². The normalized spacial score (nSPS) is 10.7. The van der Waals surface area contributed by atoms with Crippen LogP contribution in [0.2, 0.25) is 0 Å². The molecule has 0 fully saturated rings. The van der Waals surface area contributed by atoms with E-state index in [-0.39, 0.29) is 0 Å². The van der Waals surface area contributed by atoms with E-state index in [9.17, 15) is 0 Å². The number of rotatable bonds is 74. The SMILES string of the molecule is CCC(=S)CCCCCCNC(=S)NC.CCCCCC(=S)CCCCCCNC(=S)NCCCC.CCCCCCCCCC(=S)CCCCCCNC(=S)NCCCCCCCC.CCCCCCCCCCCCCC(=S)CCCCCCNC(=S)NCCCCCCCCCCCC. The number of hydrogen-bond acceptors (Lipinski definition) is 8. The van der Waals surface area contributed by atoms with Gasteiger partial charge in [-0.2, -0.15) is 0 Å². The molecular formula is C86H172N8S8. The Morgan fingerprint density at radius 3 is 0.510 bits per heavy atom. The Morgan fingerprint density at radius 1 is 0.167 bits per heavy atom. The number of unbranched alkanes of at least 4 members (excludes halogenated alkanes) is 45. The lowest BCUT2D eigenvalue weighted by molar-refractivity contribution is 0.551. The first-order valence-corrected chi connectivity index (χ1v) is 47.2. The summed E-state index contributed by atoms with van der Waals surface area (Å²) in [6.45, 7) is 22.6. The third-order valence-electron chi connectivity index (χ3n) is 18.9. The van der Waals surface area contributed by atoms with Gasteiger partial charge in [0.15, 0.2) is 20.4 Å². The molecule has 0 radical (unpaired) electrons. The van der Waals surface area contributed by atoms with E-state index in [1.165, 1.54) is 385 Å². The average molecular weight is 1570 g/mol. The van der Waals surface area contributed by atoms with Gasteiger partial charge in [-0.15, -0.1) is 0 Å². The van der Waals surface area contributed by atoms with Crippen LogP contribution < -0.4 is 42.5 Å². The summed E-state index contributed by atoms with van der Waals surface area (Å²) in [5.41, 5.74) is 0. The summed E-state index contributed by atoms with van der Waals surface area (Å²) >= 11 is 42.7. The van der Waals surface area contributed by atoms with Gasteiger partial charge in [0.05, 0.1) is 0 Å². The lowest BCUT2D eigenvalue weighted by Gasteiger charge is -2.10. The van der Waals surface area contributed by atoms with E-state index in [0.717, 1.165) is 105 Å². The smallest absolute Gasteiger partial charge is 0.166 e. The van der Waals surface area contributed by atoms with Crippen LogP contribution in [0.1, 0.15) is 453 Å². The van der Waals surface area contributed by atoms with Crippen LogP contribution in [-0.2, 0) is 0 Å². The van der Waals surface area contributed by atoms with Crippen molar-refractivity contribution >= 4 is 138 Å². The summed E-state index contributed by atoms with van der Waals surface area (Å²) in [6, 6.07) is 0. The molecule has 0 aliphatic heterocycles. The van der Waals surface area contributed by atoms with Crippen molar-refractivity contribution in [1.29, 1.82) is 0 Å². The second-order valence-electron chi connectivity index (χ2n) is 29.1. The van der Waals surface area contributed by atoms with Gasteiger partial charge in [0.25, 0.3) is 0 Å². The van der Waals surface area contributed by atoms with Gasteiger partial charge in [0.1, 0.15) is 0 Å². The van der Waals surface area contributed by atoms with Crippen molar-refractivity contribution in [3.8, 4) is 0 Å². The predicted molar refractivity (Wildman–Crippen MR) is 496 cm³/mol. The Kier molecular flexibility index (Phi) is 101. The van der Waals surface area contributed by atoms with Gasteiger partial charge in [-0.1, -0.05) is 361 Å². The van der Waals surface area contributed by atoms with Crippen LogP contribution in [0.5, 0.6) is 0 Å². The molecule has 0 saturated heterocycles. The Hall–Kier alpha value is -0.880. The van der Waals surface area contributed by atoms with Crippen LogP contribution >= 0.6 is 97.7 Å². The lowest BCUT2D eigenvalue weighted by atomic mass is 10.0. The average Bonchev–Trinajstić information content (AvgIpc) is 3.80. The monoisotopic (exact) mass is 1570 g/mol. The van der Waals surface area contributed by atoms with Crippen LogP contribution in [0.25, 0.3) is 0 Å². The minimum Gasteiger partial charge on any atom is -0.366 e. The Labute approximate surface area is 680 Å². The first-order valence-electron chi connectivity index (χ1n) is 43.9. The molecule has 0 aromatic carbocycles. The van der Waals surface area contributed by atoms with E-state index in [1.54, 1.807) is 0 Å². The first-order chi connectivity index (χ1) is 49.8. The van der Waals surface area contributed by atoms with E-state index in [1.807, 2.05) is 7.05 Å². The molecule has 0 amide bonds. The number of hydrogen-bond donors (Lipinski definition) is 8. The molecule has 8 N–H and O–H groups in total. The van der Waals surface area contributed by atoms with Gasteiger partial charge in [-0.05, 0) is 210 Å². The summed E-state index contributed by atoms with van der Waals surface area (Å²) in [5, 5.41) is 29.2. The summed E-state index contributed by atoms with van der Waals surface area (Å²) in [4.78, 5) is 5.11. The maximum atomic E-state index is 5.62. The molecule has 0 aromatic heterocycles. The van der Waals surface area contributed by atoms with E-state index in [0.29, 0.717) is 0 Å². The summed E-state index contributed by atoms with van der Waals surface area (Å²) in [6.07, 6.45) is 82.2. The fraction of sp³-hybridized carbons (Fsp3) is 0.907. The van der Waals surface area contributed by atoms with Gasteiger partial charge in [0, 0.05) is 52.9 Å². The van der Waals surface area contributed by atoms with Gasteiger partial charge in [-0.25, -0.2) is 0 Å². The van der Waals surface area contributed by atoms with Crippen molar-refractivity contribution in [1.82, 2.24) is 42.5 Å². The highest BCUT2D eigenvalue weighted by Crippen LogP contribution is 2.17. The zero-order chi connectivity index (χ0) is 75.8. The molecule has 0 bridgehead atoms. The molecule has 0 saturated carbocycles. The maximum absolute atomic E-state index is 5.62. The largest absolute Gasteiger partial charge is 0.366 e. The van der Waals surface area contributed by atoms with Crippen molar-refractivity contribution in [2.75, 3.05) is 52.9 Å². The van der Waals surface area contributed by atoms with Crippen LogP contribution in [0.15, 0.2) is 0 Å². The van der Waals surface area contributed by atoms with Crippen molar-refractivity contribution in [3.63, 3.8) is 0 Å². The van der Waals surface area contributed by atoms with Crippen LogP contribution in [-0.4, -0.2) is 92.8 Å². The molecule has 0 aromatic rings. The Morgan fingerprint density at radius 2 is 0.314 bits per heavy atom. The molecule has 8 nitrogen and oxygen atoms in total. The summed E-state index contributed by atoms with van der Waals surface area (Å²) in [5.74, 6) is 0. The van der Waals surface area contributed by atoms with Crippen LogP contribution in [0, 0.1) is 0 Å². The second-order valence-corrected chi connectivity index (χ2v) is 33.1. The maximum Gasteiger partial charge on any atom is 0.166 e. The molecule has 0 rings (SSSR count). The molecular weight excluding hydrogens is 1400 g/mol. The van der Waals surface area contributed by atoms with E-state index in [2.05, 4.69) is 91.0 Å². The molecule has 0 aliphatic carbocycles. The molecule has 0 unspecified atom stereocenters. The highest BCUT2D eigenvalue weighted by atomic mass is 32.1. The first kappa shape index (κ1) is 107. The fourth-order valence-corrected chi connectivity index (χ4v) is 13.7. The number of thiocarbonyl (C=S) groups is 8. The zero-order valence-electron chi connectivity index (χ0n) is 68.8. The topological polar surface area (TPSA) is 96.2 Å². The Balaban J connectivity index is -0.000000659. The van der Waals surface area contributed by atoms with Crippen molar-refractivity contribution in [2.45, 2.75) is 453 Å². The molecule has 604 valence electrons.